The van der Waals surface area contributed by atoms with Gasteiger partial charge >= 0.3 is 0 Å². The van der Waals surface area contributed by atoms with Gasteiger partial charge < -0.3 is 5.73 Å². The molecule has 2 N–H and O–H groups in total. The summed E-state index contributed by atoms with van der Waals surface area (Å²) in [7, 11) is 0. The third-order valence-corrected chi connectivity index (χ3v) is 2.15. The maximum Gasteiger partial charge on any atom is 0.159 e. The highest BCUT2D eigenvalue weighted by Gasteiger charge is 2.33. The molecular formula is C8H9NO. The Kier molecular flexibility index (Phi) is 0.982. The molecule has 0 aromatic carbocycles. The summed E-state index contributed by atoms with van der Waals surface area (Å²) < 4.78 is 0. The number of Topliss-reactive ketones (excluding diaryl/α,β-unsaturated/α-hetero) is 1. The van der Waals surface area contributed by atoms with Gasteiger partial charge in [-0.1, -0.05) is 6.08 Å². The number of hydrogen-bond acceptors (Lipinski definition) is 2. The number of carbonyl (C=O) groups is 1. The van der Waals surface area contributed by atoms with Crippen LogP contribution in [0.3, 0.4) is 0 Å². The molecule has 1 unspecified atom stereocenters. The molecule has 0 spiro atoms. The Morgan fingerprint density at radius 2 is 2.40 bits per heavy atom. The number of rotatable bonds is 0. The van der Waals surface area contributed by atoms with Crippen molar-refractivity contribution in [2.24, 2.45) is 11.7 Å². The summed E-state index contributed by atoms with van der Waals surface area (Å²) in [4.78, 5) is 10.9. The van der Waals surface area contributed by atoms with Gasteiger partial charge in [0.25, 0.3) is 0 Å². The van der Waals surface area contributed by atoms with E-state index in [2.05, 4.69) is 0 Å². The van der Waals surface area contributed by atoms with E-state index in [0.29, 0.717) is 5.92 Å². The third kappa shape index (κ3) is 0.618. The van der Waals surface area contributed by atoms with Crippen LogP contribution >= 0.6 is 0 Å². The predicted octanol–water partition coefficient (Wildman–Crippen LogP) is 0.748. The van der Waals surface area contributed by atoms with Crippen LogP contribution in [0.15, 0.2) is 23.4 Å². The summed E-state index contributed by atoms with van der Waals surface area (Å²) >= 11 is 0. The van der Waals surface area contributed by atoms with Crippen LogP contribution in [0.5, 0.6) is 0 Å². The minimum Gasteiger partial charge on any atom is -0.399 e. The first-order valence-electron chi connectivity index (χ1n) is 3.48. The van der Waals surface area contributed by atoms with Crippen molar-refractivity contribution in [1.29, 1.82) is 0 Å². The fraction of sp³-hybridized carbons (Fsp3) is 0.375. The van der Waals surface area contributed by atoms with Crippen LogP contribution < -0.4 is 5.73 Å². The van der Waals surface area contributed by atoms with Gasteiger partial charge in [0.05, 0.1) is 0 Å². The Morgan fingerprint density at radius 1 is 1.60 bits per heavy atom. The van der Waals surface area contributed by atoms with E-state index in [1.165, 1.54) is 0 Å². The van der Waals surface area contributed by atoms with E-state index in [-0.39, 0.29) is 5.78 Å². The summed E-state index contributed by atoms with van der Waals surface area (Å²) in [5.74, 6) is 0.779. The van der Waals surface area contributed by atoms with Crippen LogP contribution in [0.1, 0.15) is 12.8 Å². The zero-order valence-corrected chi connectivity index (χ0v) is 5.63. The quantitative estimate of drug-likeness (QED) is 0.532. The highest BCUT2D eigenvalue weighted by atomic mass is 16.1. The molecule has 2 nitrogen and oxygen atoms in total. The normalized spacial score (nSPS) is 30.0. The molecule has 0 radical (unpaired) electrons. The number of fused-ring (bicyclic) bond motifs is 1. The van der Waals surface area contributed by atoms with E-state index in [4.69, 9.17) is 5.73 Å². The van der Waals surface area contributed by atoms with Gasteiger partial charge in [-0.2, -0.15) is 0 Å². The van der Waals surface area contributed by atoms with Crippen molar-refractivity contribution in [3.8, 4) is 0 Å². The Bertz CT molecular complexity index is 250. The number of ketones is 1. The van der Waals surface area contributed by atoms with Crippen LogP contribution in [0, 0.1) is 5.92 Å². The maximum absolute atomic E-state index is 10.9. The monoisotopic (exact) mass is 135 g/mol. The van der Waals surface area contributed by atoms with Crippen LogP contribution in [0.25, 0.3) is 0 Å². The van der Waals surface area contributed by atoms with Crippen LogP contribution in [0.2, 0.25) is 0 Å². The Hall–Kier alpha value is -1.05. The second kappa shape index (κ2) is 1.72. The lowest BCUT2D eigenvalue weighted by atomic mass is 9.73. The lowest BCUT2D eigenvalue weighted by molar-refractivity contribution is -0.120. The van der Waals surface area contributed by atoms with Crippen molar-refractivity contribution in [3.05, 3.63) is 23.4 Å². The average Bonchev–Trinajstić information content (AvgIpc) is 1.92. The highest BCUT2D eigenvalue weighted by Crippen LogP contribution is 2.36. The molecule has 0 heterocycles. The van der Waals surface area contributed by atoms with Crippen molar-refractivity contribution in [1.82, 2.24) is 0 Å². The molecule has 0 aromatic heterocycles. The minimum absolute atomic E-state index is 0.279. The maximum atomic E-state index is 10.9. The van der Waals surface area contributed by atoms with Gasteiger partial charge in [-0.05, 0) is 18.4 Å². The summed E-state index contributed by atoms with van der Waals surface area (Å²) in [6.45, 7) is 0. The second-order valence-electron chi connectivity index (χ2n) is 2.86. The first kappa shape index (κ1) is 5.71. The van der Waals surface area contributed by atoms with E-state index in [1.807, 2.05) is 6.08 Å². The van der Waals surface area contributed by atoms with Crippen molar-refractivity contribution >= 4 is 5.78 Å². The molecule has 0 aliphatic heterocycles. The number of allylic oxidation sites excluding steroid dienone is 3. The summed E-state index contributed by atoms with van der Waals surface area (Å²) in [5, 5.41) is 0. The SMILES string of the molecule is NC1=CCC2CC(=O)C2=C1. The van der Waals surface area contributed by atoms with Crippen molar-refractivity contribution in [2.45, 2.75) is 12.8 Å². The largest absolute Gasteiger partial charge is 0.399 e. The number of nitrogens with two attached hydrogens (primary N) is 1. The zero-order valence-electron chi connectivity index (χ0n) is 5.63. The first-order chi connectivity index (χ1) is 4.77. The Balaban J connectivity index is 2.31. The summed E-state index contributed by atoms with van der Waals surface area (Å²) in [6.07, 6.45) is 5.49. The molecule has 10 heavy (non-hydrogen) atoms. The van der Waals surface area contributed by atoms with Crippen molar-refractivity contribution in [2.75, 3.05) is 0 Å². The first-order valence-corrected chi connectivity index (χ1v) is 3.48. The molecule has 0 aromatic rings. The zero-order chi connectivity index (χ0) is 7.14. The van der Waals surface area contributed by atoms with Crippen LogP contribution in [0.4, 0.5) is 0 Å². The minimum atomic E-state index is 0.279. The predicted molar refractivity (Wildman–Crippen MR) is 38.1 cm³/mol. The van der Waals surface area contributed by atoms with Gasteiger partial charge in [0.2, 0.25) is 0 Å². The van der Waals surface area contributed by atoms with Crippen molar-refractivity contribution < 1.29 is 4.79 Å². The van der Waals surface area contributed by atoms with Gasteiger partial charge in [0.15, 0.2) is 5.78 Å². The fourth-order valence-corrected chi connectivity index (χ4v) is 1.47. The summed E-state index contributed by atoms with van der Waals surface area (Å²) in [6, 6.07) is 0. The standard InChI is InChI=1S/C8H9NO/c9-6-2-1-5-3-8(10)7(5)4-6/h2,4-5H,1,3,9H2. The third-order valence-electron chi connectivity index (χ3n) is 2.15. The molecule has 0 saturated heterocycles. The molecule has 2 heteroatoms. The second-order valence-corrected chi connectivity index (χ2v) is 2.86. The Morgan fingerprint density at radius 3 is 3.00 bits per heavy atom. The van der Waals surface area contributed by atoms with Crippen LogP contribution in [-0.4, -0.2) is 5.78 Å². The van der Waals surface area contributed by atoms with E-state index in [9.17, 15) is 4.79 Å². The number of hydrogen-bond donors (Lipinski definition) is 1. The molecular weight excluding hydrogens is 126 g/mol. The van der Waals surface area contributed by atoms with Crippen molar-refractivity contribution in [3.63, 3.8) is 0 Å². The van der Waals surface area contributed by atoms with Crippen LogP contribution in [-0.2, 0) is 4.79 Å². The average molecular weight is 135 g/mol. The molecule has 1 fully saturated rings. The van der Waals surface area contributed by atoms with Gasteiger partial charge in [-0.15, -0.1) is 0 Å². The topological polar surface area (TPSA) is 43.1 Å². The summed E-state index contributed by atoms with van der Waals surface area (Å²) in [5.41, 5.74) is 7.21. The molecule has 1 atom stereocenters. The lowest BCUT2D eigenvalue weighted by Crippen LogP contribution is -2.29. The molecule has 0 bridgehead atoms. The molecule has 2 aliphatic rings. The number of carbonyl (C=O) groups excluding carboxylic acids is 1. The molecule has 2 rings (SSSR count). The van der Waals surface area contributed by atoms with E-state index < -0.39 is 0 Å². The van der Waals surface area contributed by atoms with Gasteiger partial charge in [0.1, 0.15) is 0 Å². The molecule has 2 aliphatic carbocycles. The fourth-order valence-electron chi connectivity index (χ4n) is 1.47. The molecule has 0 amide bonds. The Labute approximate surface area is 59.4 Å². The van der Waals surface area contributed by atoms with Gasteiger partial charge in [-0.3, -0.25) is 4.79 Å². The van der Waals surface area contributed by atoms with E-state index in [0.717, 1.165) is 24.1 Å². The molecule has 52 valence electrons. The van der Waals surface area contributed by atoms with E-state index in [1.54, 1.807) is 6.08 Å². The highest BCUT2D eigenvalue weighted by molar-refractivity contribution is 6.03. The smallest absolute Gasteiger partial charge is 0.159 e. The van der Waals surface area contributed by atoms with E-state index >= 15 is 0 Å². The lowest BCUT2D eigenvalue weighted by Gasteiger charge is -2.29. The van der Waals surface area contributed by atoms with Gasteiger partial charge in [0, 0.05) is 17.7 Å². The molecule has 1 saturated carbocycles. The van der Waals surface area contributed by atoms with Gasteiger partial charge in [-0.25, -0.2) is 0 Å².